The van der Waals surface area contributed by atoms with Crippen molar-refractivity contribution in [3.8, 4) is 23.1 Å². The van der Waals surface area contributed by atoms with Gasteiger partial charge in [0.1, 0.15) is 17.5 Å². The predicted octanol–water partition coefficient (Wildman–Crippen LogP) is 7.18. The first-order valence-electron chi connectivity index (χ1n) is 17.4. The Bertz CT molecular complexity index is 2210. The van der Waals surface area contributed by atoms with Gasteiger partial charge in [0.2, 0.25) is 0 Å². The zero-order valence-electron chi connectivity index (χ0n) is 30.2. The molecule has 0 unspecified atom stereocenters. The topological polar surface area (TPSA) is 107 Å². The first kappa shape index (κ1) is 37.7. The van der Waals surface area contributed by atoms with E-state index in [9.17, 15) is 20.0 Å². The minimum absolute atomic E-state index is 0. The van der Waals surface area contributed by atoms with E-state index in [1.807, 2.05) is 42.5 Å². The van der Waals surface area contributed by atoms with E-state index in [0.29, 0.717) is 69.9 Å². The number of benzene rings is 3. The molecule has 3 aromatic carbocycles. The number of amides is 2. The summed E-state index contributed by atoms with van der Waals surface area (Å²) in [5.74, 6) is -0.350. The highest BCUT2D eigenvalue weighted by Gasteiger charge is 2.34. The molecular weight excluding hydrogens is 711 g/mol. The van der Waals surface area contributed by atoms with Gasteiger partial charge < -0.3 is 23.9 Å². The molecule has 0 saturated carbocycles. The molecule has 1 saturated heterocycles. The van der Waals surface area contributed by atoms with Crippen molar-refractivity contribution in [1.29, 1.82) is 5.26 Å². The van der Waals surface area contributed by atoms with Gasteiger partial charge in [-0.15, -0.1) is 12.4 Å². The molecule has 4 heterocycles. The average Bonchev–Trinajstić information content (AvgIpc) is 3.61. The van der Waals surface area contributed by atoms with Crippen LogP contribution in [0.4, 0.5) is 11.4 Å². The number of aromatic hydroxyl groups is 1. The number of fused-ring (bicyclic) bond motifs is 1. The van der Waals surface area contributed by atoms with Gasteiger partial charge in [0, 0.05) is 85.2 Å². The van der Waals surface area contributed by atoms with Crippen LogP contribution in [-0.2, 0) is 31.8 Å². The molecule has 0 spiro atoms. The number of ether oxygens (including phenoxy) is 1. The van der Waals surface area contributed by atoms with E-state index in [0.717, 1.165) is 37.3 Å². The van der Waals surface area contributed by atoms with Crippen LogP contribution in [0.3, 0.4) is 0 Å². The van der Waals surface area contributed by atoms with Crippen LogP contribution in [0.25, 0.3) is 11.3 Å². The summed E-state index contributed by atoms with van der Waals surface area (Å²) in [7, 11) is 3.66. The molecule has 0 bridgehead atoms. The maximum Gasteiger partial charge on any atom is 0.264 e. The minimum atomic E-state index is -0.323. The van der Waals surface area contributed by atoms with Gasteiger partial charge in [0.25, 0.3) is 11.8 Å². The lowest BCUT2D eigenvalue weighted by Gasteiger charge is -2.40. The van der Waals surface area contributed by atoms with Gasteiger partial charge in [-0.1, -0.05) is 35.9 Å². The van der Waals surface area contributed by atoms with Crippen molar-refractivity contribution in [1.82, 2.24) is 18.9 Å². The van der Waals surface area contributed by atoms with Crippen molar-refractivity contribution in [2.24, 2.45) is 14.1 Å². The first-order chi connectivity index (χ1) is 25.0. The molecule has 53 heavy (non-hydrogen) atoms. The fourth-order valence-electron chi connectivity index (χ4n) is 7.42. The van der Waals surface area contributed by atoms with Crippen molar-refractivity contribution in [3.63, 3.8) is 0 Å². The van der Waals surface area contributed by atoms with Crippen LogP contribution in [0.2, 0.25) is 5.02 Å². The average molecular weight is 754 g/mol. The first-order valence-corrected chi connectivity index (χ1v) is 17.8. The molecule has 2 aliphatic heterocycles. The second-order valence-corrected chi connectivity index (χ2v) is 14.0. The van der Waals surface area contributed by atoms with Crippen molar-refractivity contribution in [3.05, 3.63) is 123 Å². The second kappa shape index (κ2) is 15.5. The number of halogens is 2. The number of carbonyl (C=O) groups is 2. The molecule has 5 aromatic rings. The van der Waals surface area contributed by atoms with E-state index in [-0.39, 0.29) is 36.0 Å². The Hall–Kier alpha value is -5.05. The highest BCUT2D eigenvalue weighted by molar-refractivity contribution is 6.31. The number of anilines is 2. The molecule has 7 rings (SSSR count). The third-order valence-corrected chi connectivity index (χ3v) is 10.9. The SMILES string of the molecule is Cc1c(N(C(=O)c2cc(-c3cc(Cl)ccc3C(=O)N3Cc4ccccc4C[C@H]3CN3CCOCC3)n(C)c2C)c2ccc(O)cc2)cc(C#N)n1C.Cl. The highest BCUT2D eigenvalue weighted by Crippen LogP contribution is 2.37. The van der Waals surface area contributed by atoms with Crippen molar-refractivity contribution in [2.75, 3.05) is 37.7 Å². The van der Waals surface area contributed by atoms with Crippen LogP contribution < -0.4 is 4.90 Å². The van der Waals surface area contributed by atoms with Crippen molar-refractivity contribution >= 4 is 47.2 Å². The van der Waals surface area contributed by atoms with Gasteiger partial charge in [0.15, 0.2) is 0 Å². The third-order valence-electron chi connectivity index (χ3n) is 10.6. The number of phenolic OH excluding ortho intramolecular Hbond substituents is 1. The molecule has 274 valence electrons. The summed E-state index contributed by atoms with van der Waals surface area (Å²) in [6.45, 7) is 7.98. The molecule has 2 aliphatic rings. The standard InChI is InChI=1S/C41H41ClN6O4.ClH/c1-26-36(41(51)48(31-10-12-34(49)13-11-31)38-21-32(23-43)44(3)27(38)2)22-39(45(26)4)37-20-30(42)9-14-35(37)40(50)47-24-29-8-6-5-7-28(29)19-33(47)25-46-15-17-52-18-16-46;/h5-14,20-22,33,49H,15-19,24-25H2,1-4H3;1H/t33-;/m0./s1. The minimum Gasteiger partial charge on any atom is -0.508 e. The molecule has 1 N–H and O–H groups in total. The van der Waals surface area contributed by atoms with Crippen molar-refractivity contribution < 1.29 is 19.4 Å². The molecule has 2 amide bonds. The Balaban J connectivity index is 0.00000481. The van der Waals surface area contributed by atoms with Crippen molar-refractivity contribution in [2.45, 2.75) is 32.9 Å². The lowest BCUT2D eigenvalue weighted by atomic mass is 9.92. The molecule has 1 atom stereocenters. The number of hydrogen-bond acceptors (Lipinski definition) is 6. The summed E-state index contributed by atoms with van der Waals surface area (Å²) >= 11 is 6.64. The van der Waals surface area contributed by atoms with E-state index in [1.165, 1.54) is 17.7 Å². The zero-order chi connectivity index (χ0) is 36.7. The fraction of sp³-hybridized carbons (Fsp3) is 0.293. The quantitative estimate of drug-likeness (QED) is 0.189. The number of nitrogens with zero attached hydrogens (tertiary/aromatic N) is 6. The number of hydrogen-bond donors (Lipinski definition) is 1. The Morgan fingerprint density at radius 2 is 1.62 bits per heavy atom. The molecule has 10 nitrogen and oxygen atoms in total. The predicted molar refractivity (Wildman–Crippen MR) is 208 cm³/mol. The van der Waals surface area contributed by atoms with Crippen LogP contribution in [-0.4, -0.2) is 74.7 Å². The molecular formula is C41H42Cl2N6O4. The molecule has 1 fully saturated rings. The van der Waals surface area contributed by atoms with E-state index in [1.54, 1.807) is 52.9 Å². The van der Waals surface area contributed by atoms with Crippen LogP contribution >= 0.6 is 24.0 Å². The zero-order valence-corrected chi connectivity index (χ0v) is 31.7. The van der Waals surface area contributed by atoms with Gasteiger partial charge >= 0.3 is 0 Å². The van der Waals surface area contributed by atoms with Gasteiger partial charge in [0.05, 0.1) is 24.5 Å². The van der Waals surface area contributed by atoms with Gasteiger partial charge in [-0.25, -0.2) is 0 Å². The summed E-state index contributed by atoms with van der Waals surface area (Å²) in [5, 5.41) is 20.3. The maximum absolute atomic E-state index is 14.8. The summed E-state index contributed by atoms with van der Waals surface area (Å²) in [5.41, 5.74) is 7.52. The molecule has 0 aliphatic carbocycles. The number of carbonyl (C=O) groups excluding carboxylic acids is 2. The smallest absolute Gasteiger partial charge is 0.264 e. The summed E-state index contributed by atoms with van der Waals surface area (Å²) in [6, 6.07) is 25.7. The highest BCUT2D eigenvalue weighted by atomic mass is 35.5. The number of rotatable bonds is 7. The number of phenols is 1. The largest absolute Gasteiger partial charge is 0.508 e. The Morgan fingerprint density at radius 1 is 0.925 bits per heavy atom. The maximum atomic E-state index is 14.8. The number of morpholine rings is 1. The van der Waals surface area contributed by atoms with Crippen LogP contribution in [0.1, 0.15) is 48.9 Å². The van der Waals surface area contributed by atoms with E-state index >= 15 is 0 Å². The Labute approximate surface area is 320 Å². The lowest BCUT2D eigenvalue weighted by molar-refractivity contribution is 0.0193. The van der Waals surface area contributed by atoms with Gasteiger partial charge in [-0.3, -0.25) is 19.4 Å². The molecule has 12 heteroatoms. The van der Waals surface area contributed by atoms with E-state index in [2.05, 4.69) is 29.2 Å². The van der Waals surface area contributed by atoms with Gasteiger partial charge in [-0.05, 0) is 86.0 Å². The van der Waals surface area contributed by atoms with Gasteiger partial charge in [-0.2, -0.15) is 5.26 Å². The lowest BCUT2D eigenvalue weighted by Crippen LogP contribution is -2.52. The molecule has 0 radical (unpaired) electrons. The Morgan fingerprint density at radius 3 is 2.30 bits per heavy atom. The molecule has 2 aromatic heterocycles. The number of aromatic nitrogens is 2. The fourth-order valence-corrected chi connectivity index (χ4v) is 7.59. The summed E-state index contributed by atoms with van der Waals surface area (Å²) in [4.78, 5) is 35.5. The normalized spacial score (nSPS) is 15.7. The summed E-state index contributed by atoms with van der Waals surface area (Å²) in [6.07, 6.45) is 0.754. The van der Waals surface area contributed by atoms with Crippen LogP contribution in [0, 0.1) is 25.2 Å². The van der Waals surface area contributed by atoms with E-state index < -0.39 is 0 Å². The van der Waals surface area contributed by atoms with Crippen LogP contribution in [0.15, 0.2) is 78.9 Å². The summed E-state index contributed by atoms with van der Waals surface area (Å²) < 4.78 is 9.26. The monoisotopic (exact) mass is 752 g/mol. The van der Waals surface area contributed by atoms with E-state index in [4.69, 9.17) is 16.3 Å². The third kappa shape index (κ3) is 7.18. The van der Waals surface area contributed by atoms with Crippen LogP contribution in [0.5, 0.6) is 5.75 Å². The number of nitriles is 1. The Kier molecular flexibility index (Phi) is 11.0. The second-order valence-electron chi connectivity index (χ2n) is 13.6.